The van der Waals surface area contributed by atoms with Crippen molar-refractivity contribution < 1.29 is 13.6 Å². The Morgan fingerprint density at radius 1 is 1.33 bits per heavy atom. The molecule has 6 heteroatoms. The average Bonchev–Trinajstić information content (AvgIpc) is 2.32. The zero-order valence-electron chi connectivity index (χ0n) is 10.9. The van der Waals surface area contributed by atoms with Crippen molar-refractivity contribution in [1.82, 2.24) is 0 Å². The van der Waals surface area contributed by atoms with Crippen LogP contribution in [-0.4, -0.2) is 13.2 Å². The molecule has 102 valence electrons. The van der Waals surface area contributed by atoms with Crippen molar-refractivity contribution >= 4 is 19.2 Å². The second-order valence-electron chi connectivity index (χ2n) is 3.83. The van der Waals surface area contributed by atoms with E-state index in [9.17, 15) is 4.57 Å². The third kappa shape index (κ3) is 3.56. The minimum absolute atomic E-state index is 0.282. The number of halogens is 1. The first kappa shape index (κ1) is 15.7. The highest BCUT2D eigenvalue weighted by Gasteiger charge is 2.33. The molecule has 0 unspecified atom stereocenters. The molecule has 0 aliphatic rings. The van der Waals surface area contributed by atoms with E-state index in [1.807, 2.05) is 13.0 Å². The third-order valence-electron chi connectivity index (χ3n) is 2.50. The van der Waals surface area contributed by atoms with Gasteiger partial charge in [0, 0.05) is 5.02 Å². The first-order valence-electron chi connectivity index (χ1n) is 5.85. The Kier molecular flexibility index (Phi) is 5.83. The fourth-order valence-electron chi connectivity index (χ4n) is 1.53. The number of rotatable bonds is 6. The van der Waals surface area contributed by atoms with Gasteiger partial charge >= 0.3 is 7.60 Å². The molecule has 0 radical (unpaired) electrons. The Morgan fingerprint density at radius 3 is 2.33 bits per heavy atom. The quantitative estimate of drug-likeness (QED) is 0.808. The minimum Gasteiger partial charge on any atom is -0.314 e. The summed E-state index contributed by atoms with van der Waals surface area (Å²) in [5.41, 5.74) is 7.58. The molecule has 1 rings (SSSR count). The number of benzene rings is 1. The van der Waals surface area contributed by atoms with Crippen LogP contribution in [0.2, 0.25) is 5.02 Å². The highest BCUT2D eigenvalue weighted by atomic mass is 35.5. The maximum Gasteiger partial charge on any atom is 0.351 e. The zero-order valence-corrected chi connectivity index (χ0v) is 12.5. The molecular weight excluding hydrogens is 273 g/mol. The van der Waals surface area contributed by atoms with Crippen LogP contribution < -0.4 is 5.73 Å². The first-order chi connectivity index (χ1) is 8.44. The molecule has 1 atom stereocenters. The van der Waals surface area contributed by atoms with E-state index in [4.69, 9.17) is 26.4 Å². The lowest BCUT2D eigenvalue weighted by Crippen LogP contribution is -2.15. The Balaban J connectivity index is 3.05. The molecule has 1 aromatic rings. The Labute approximate surface area is 113 Å². The highest BCUT2D eigenvalue weighted by molar-refractivity contribution is 7.54. The van der Waals surface area contributed by atoms with Gasteiger partial charge in [0.25, 0.3) is 0 Å². The van der Waals surface area contributed by atoms with Crippen LogP contribution in [0.5, 0.6) is 0 Å². The standard InChI is InChI=1S/C12H19ClNO3P/c1-4-16-18(15,17-5-2)12(14)10-7-6-9(3)11(13)8-10/h6-8,12H,4-5,14H2,1-3H3/t12-/m1/s1. The predicted molar refractivity (Wildman–Crippen MR) is 74.0 cm³/mol. The average molecular weight is 292 g/mol. The van der Waals surface area contributed by atoms with Crippen molar-refractivity contribution in [2.45, 2.75) is 26.6 Å². The van der Waals surface area contributed by atoms with Gasteiger partial charge in [0.2, 0.25) is 0 Å². The normalized spacial score (nSPS) is 13.6. The fourth-order valence-corrected chi connectivity index (χ4v) is 3.36. The molecule has 0 aliphatic heterocycles. The SMILES string of the molecule is CCOP(=O)(OCC)[C@@H](N)c1ccc(C)c(Cl)c1. The minimum atomic E-state index is -3.35. The summed E-state index contributed by atoms with van der Waals surface area (Å²) in [6.07, 6.45) is 0. The molecule has 0 aliphatic carbocycles. The zero-order chi connectivity index (χ0) is 13.8. The number of hydrogen-bond acceptors (Lipinski definition) is 4. The molecule has 2 N–H and O–H groups in total. The van der Waals surface area contributed by atoms with Gasteiger partial charge in [-0.2, -0.15) is 0 Å². The van der Waals surface area contributed by atoms with Gasteiger partial charge in [-0.25, -0.2) is 0 Å². The van der Waals surface area contributed by atoms with Gasteiger partial charge in [-0.3, -0.25) is 4.57 Å². The van der Waals surface area contributed by atoms with E-state index in [2.05, 4.69) is 0 Å². The highest BCUT2D eigenvalue weighted by Crippen LogP contribution is 2.58. The topological polar surface area (TPSA) is 61.5 Å². The molecule has 1 aromatic carbocycles. The molecule has 0 fully saturated rings. The second-order valence-corrected chi connectivity index (χ2v) is 6.39. The van der Waals surface area contributed by atoms with E-state index in [1.165, 1.54) is 0 Å². The van der Waals surface area contributed by atoms with Crippen LogP contribution in [0.3, 0.4) is 0 Å². The van der Waals surface area contributed by atoms with Gasteiger partial charge in [0.05, 0.1) is 13.2 Å². The molecule has 0 saturated heterocycles. The van der Waals surface area contributed by atoms with E-state index >= 15 is 0 Å². The number of aryl methyl sites for hydroxylation is 1. The van der Waals surface area contributed by atoms with Crippen LogP contribution in [0.1, 0.15) is 30.8 Å². The van der Waals surface area contributed by atoms with Crippen LogP contribution in [0.15, 0.2) is 18.2 Å². The summed E-state index contributed by atoms with van der Waals surface area (Å²) in [7, 11) is -3.35. The summed E-state index contributed by atoms with van der Waals surface area (Å²) in [5, 5.41) is 0.586. The fraction of sp³-hybridized carbons (Fsp3) is 0.500. The summed E-state index contributed by atoms with van der Waals surface area (Å²) in [5.74, 6) is -0.824. The van der Waals surface area contributed by atoms with Crippen LogP contribution in [0, 0.1) is 6.92 Å². The maximum atomic E-state index is 12.5. The van der Waals surface area contributed by atoms with Crippen LogP contribution in [0.25, 0.3) is 0 Å². The molecular formula is C12H19ClNO3P. The Morgan fingerprint density at radius 2 is 1.89 bits per heavy atom. The smallest absolute Gasteiger partial charge is 0.314 e. The lowest BCUT2D eigenvalue weighted by atomic mass is 10.1. The molecule has 4 nitrogen and oxygen atoms in total. The van der Waals surface area contributed by atoms with Crippen molar-refractivity contribution in [3.63, 3.8) is 0 Å². The van der Waals surface area contributed by atoms with Crippen molar-refractivity contribution in [1.29, 1.82) is 0 Å². The van der Waals surface area contributed by atoms with Crippen molar-refractivity contribution in [2.24, 2.45) is 5.73 Å². The lowest BCUT2D eigenvalue weighted by molar-refractivity contribution is 0.212. The summed E-state index contributed by atoms with van der Waals surface area (Å²) >= 11 is 6.04. The van der Waals surface area contributed by atoms with Gasteiger partial charge in [0.1, 0.15) is 5.78 Å². The van der Waals surface area contributed by atoms with E-state index < -0.39 is 13.4 Å². The molecule has 0 bridgehead atoms. The molecule has 0 spiro atoms. The van der Waals surface area contributed by atoms with Gasteiger partial charge in [-0.05, 0) is 38.0 Å². The van der Waals surface area contributed by atoms with Gasteiger partial charge in [-0.15, -0.1) is 0 Å². The summed E-state index contributed by atoms with van der Waals surface area (Å²) in [4.78, 5) is 0. The van der Waals surface area contributed by atoms with E-state index in [1.54, 1.807) is 26.0 Å². The van der Waals surface area contributed by atoms with Gasteiger partial charge in [0.15, 0.2) is 0 Å². The van der Waals surface area contributed by atoms with E-state index in [-0.39, 0.29) is 13.2 Å². The monoisotopic (exact) mass is 291 g/mol. The Hall–Kier alpha value is -0.380. The summed E-state index contributed by atoms with van der Waals surface area (Å²) in [6.45, 7) is 5.96. The summed E-state index contributed by atoms with van der Waals surface area (Å²) < 4.78 is 22.9. The third-order valence-corrected chi connectivity index (χ3v) is 5.12. The van der Waals surface area contributed by atoms with E-state index in [0.717, 1.165) is 5.56 Å². The molecule has 0 aromatic heterocycles. The van der Waals surface area contributed by atoms with Crippen molar-refractivity contribution in [3.05, 3.63) is 34.3 Å². The van der Waals surface area contributed by atoms with Crippen LogP contribution >= 0.6 is 19.2 Å². The molecule has 18 heavy (non-hydrogen) atoms. The summed E-state index contributed by atoms with van der Waals surface area (Å²) in [6, 6.07) is 5.32. The van der Waals surface area contributed by atoms with Crippen LogP contribution in [-0.2, 0) is 13.6 Å². The largest absolute Gasteiger partial charge is 0.351 e. The van der Waals surface area contributed by atoms with E-state index in [0.29, 0.717) is 10.6 Å². The number of nitrogens with two attached hydrogens (primary N) is 1. The molecule has 0 saturated carbocycles. The molecule has 0 heterocycles. The van der Waals surface area contributed by atoms with Crippen molar-refractivity contribution in [2.75, 3.05) is 13.2 Å². The Bertz CT molecular complexity index is 443. The maximum absolute atomic E-state index is 12.5. The molecule has 0 amide bonds. The second kappa shape index (κ2) is 6.69. The predicted octanol–water partition coefficient (Wildman–Crippen LogP) is 3.87. The lowest BCUT2D eigenvalue weighted by Gasteiger charge is -2.23. The van der Waals surface area contributed by atoms with Gasteiger partial charge < -0.3 is 14.8 Å². The first-order valence-corrected chi connectivity index (χ1v) is 7.84. The van der Waals surface area contributed by atoms with Gasteiger partial charge in [-0.1, -0.05) is 23.7 Å². The number of hydrogen-bond donors (Lipinski definition) is 1. The van der Waals surface area contributed by atoms with Crippen LogP contribution in [0.4, 0.5) is 0 Å². The van der Waals surface area contributed by atoms with Crippen molar-refractivity contribution in [3.8, 4) is 0 Å².